The molecular formula is C17H17ClO5. The maximum atomic E-state index is 12.3. The first-order valence-electron chi connectivity index (χ1n) is 7.24. The number of ether oxygens (including phenoxy) is 3. The molecular weight excluding hydrogens is 320 g/mol. The fourth-order valence-electron chi connectivity index (χ4n) is 2.55. The van der Waals surface area contributed by atoms with Crippen molar-refractivity contribution in [1.29, 1.82) is 0 Å². The van der Waals surface area contributed by atoms with Crippen LogP contribution in [0.15, 0.2) is 18.2 Å². The Balaban J connectivity index is 2.49. The molecule has 23 heavy (non-hydrogen) atoms. The van der Waals surface area contributed by atoms with Gasteiger partial charge in [-0.05, 0) is 31.9 Å². The summed E-state index contributed by atoms with van der Waals surface area (Å²) in [4.78, 5) is 23.7. The van der Waals surface area contributed by atoms with E-state index in [4.69, 9.17) is 25.8 Å². The van der Waals surface area contributed by atoms with Gasteiger partial charge in [0, 0.05) is 28.7 Å². The van der Waals surface area contributed by atoms with E-state index in [-0.39, 0.29) is 6.61 Å². The van der Waals surface area contributed by atoms with Crippen molar-refractivity contribution < 1.29 is 23.8 Å². The zero-order valence-electron chi connectivity index (χ0n) is 13.0. The van der Waals surface area contributed by atoms with Crippen molar-refractivity contribution in [2.24, 2.45) is 0 Å². The second-order valence-electron chi connectivity index (χ2n) is 4.93. The SMILES string of the molecule is CCOC(=O)C#Cc1cc(Cl)ccc1[C@]1(C(=O)OC)CCCO1. The van der Waals surface area contributed by atoms with Gasteiger partial charge in [0.2, 0.25) is 0 Å². The van der Waals surface area contributed by atoms with Gasteiger partial charge >= 0.3 is 11.9 Å². The van der Waals surface area contributed by atoms with Crippen LogP contribution in [-0.4, -0.2) is 32.3 Å². The first-order valence-corrected chi connectivity index (χ1v) is 7.62. The van der Waals surface area contributed by atoms with Crippen LogP contribution in [0.1, 0.15) is 30.9 Å². The number of hydrogen-bond acceptors (Lipinski definition) is 5. The zero-order valence-corrected chi connectivity index (χ0v) is 13.7. The van der Waals surface area contributed by atoms with Gasteiger partial charge in [-0.25, -0.2) is 9.59 Å². The van der Waals surface area contributed by atoms with E-state index in [1.807, 2.05) is 0 Å². The molecule has 122 valence electrons. The normalized spacial score (nSPS) is 19.6. The van der Waals surface area contributed by atoms with Gasteiger partial charge in [-0.2, -0.15) is 0 Å². The Hall–Kier alpha value is -2.03. The quantitative estimate of drug-likeness (QED) is 0.626. The van der Waals surface area contributed by atoms with Crippen LogP contribution in [0.5, 0.6) is 0 Å². The maximum Gasteiger partial charge on any atom is 0.384 e. The third-order valence-electron chi connectivity index (χ3n) is 3.53. The van der Waals surface area contributed by atoms with Crippen LogP contribution in [0.4, 0.5) is 0 Å². The largest absolute Gasteiger partial charge is 0.467 e. The lowest BCUT2D eigenvalue weighted by atomic mass is 9.87. The number of benzene rings is 1. The minimum absolute atomic E-state index is 0.241. The number of hydrogen-bond donors (Lipinski definition) is 0. The fourth-order valence-corrected chi connectivity index (χ4v) is 2.72. The molecule has 1 aliphatic heterocycles. The van der Waals surface area contributed by atoms with Crippen molar-refractivity contribution in [3.8, 4) is 11.8 Å². The number of carbonyl (C=O) groups excluding carboxylic acids is 2. The van der Waals surface area contributed by atoms with Gasteiger partial charge in [0.15, 0.2) is 5.60 Å². The van der Waals surface area contributed by atoms with Crippen molar-refractivity contribution in [3.05, 3.63) is 34.3 Å². The van der Waals surface area contributed by atoms with E-state index in [2.05, 4.69) is 11.8 Å². The predicted octanol–water partition coefficient (Wildman–Crippen LogP) is 2.43. The molecule has 1 aromatic rings. The van der Waals surface area contributed by atoms with Gasteiger partial charge in [0.05, 0.1) is 13.7 Å². The molecule has 0 aliphatic carbocycles. The summed E-state index contributed by atoms with van der Waals surface area (Å²) in [5.74, 6) is 3.98. The second-order valence-corrected chi connectivity index (χ2v) is 5.37. The molecule has 0 radical (unpaired) electrons. The van der Waals surface area contributed by atoms with Crippen molar-refractivity contribution in [2.75, 3.05) is 20.3 Å². The lowest BCUT2D eigenvalue weighted by Gasteiger charge is -2.27. The lowest BCUT2D eigenvalue weighted by molar-refractivity contribution is -0.165. The average Bonchev–Trinajstić information content (AvgIpc) is 3.03. The second kappa shape index (κ2) is 7.49. The van der Waals surface area contributed by atoms with E-state index in [9.17, 15) is 9.59 Å². The third kappa shape index (κ3) is 3.66. The Kier molecular flexibility index (Phi) is 5.64. The van der Waals surface area contributed by atoms with Gasteiger partial charge in [-0.1, -0.05) is 23.6 Å². The molecule has 6 heteroatoms. The summed E-state index contributed by atoms with van der Waals surface area (Å²) >= 11 is 6.02. The molecule has 1 heterocycles. The Morgan fingerprint density at radius 2 is 2.22 bits per heavy atom. The fraction of sp³-hybridized carbons (Fsp3) is 0.412. The molecule has 0 amide bonds. The molecule has 0 unspecified atom stereocenters. The molecule has 0 aromatic heterocycles. The first kappa shape index (κ1) is 17.3. The van der Waals surface area contributed by atoms with Crippen LogP contribution >= 0.6 is 11.6 Å². The zero-order chi connectivity index (χ0) is 16.9. The van der Waals surface area contributed by atoms with Crippen LogP contribution in [0, 0.1) is 11.8 Å². The van der Waals surface area contributed by atoms with Gasteiger partial charge in [0.1, 0.15) is 0 Å². The van der Waals surface area contributed by atoms with E-state index < -0.39 is 17.5 Å². The smallest absolute Gasteiger partial charge is 0.384 e. The molecule has 1 saturated heterocycles. The summed E-state index contributed by atoms with van der Waals surface area (Å²) in [5.41, 5.74) is -0.223. The molecule has 1 aliphatic rings. The molecule has 5 nitrogen and oxygen atoms in total. The van der Waals surface area contributed by atoms with E-state index in [0.29, 0.717) is 29.2 Å². The molecule has 0 bridgehead atoms. The highest BCUT2D eigenvalue weighted by Gasteiger charge is 2.46. The molecule has 2 rings (SSSR count). The number of halogens is 1. The minimum Gasteiger partial charge on any atom is -0.467 e. The minimum atomic E-state index is -1.21. The Morgan fingerprint density at radius 3 is 2.83 bits per heavy atom. The van der Waals surface area contributed by atoms with Gasteiger partial charge in [0.25, 0.3) is 0 Å². The van der Waals surface area contributed by atoms with Gasteiger partial charge < -0.3 is 14.2 Å². The van der Waals surface area contributed by atoms with Crippen LogP contribution < -0.4 is 0 Å². The highest BCUT2D eigenvalue weighted by molar-refractivity contribution is 6.30. The standard InChI is InChI=1S/C17H17ClO5/c1-3-22-15(19)8-5-12-11-13(18)6-7-14(12)17(16(20)21-2)9-4-10-23-17/h6-7,11H,3-4,9-10H2,1-2H3/t17-/m0/s1. The third-order valence-corrected chi connectivity index (χ3v) is 3.76. The van der Waals surface area contributed by atoms with Crippen LogP contribution in [-0.2, 0) is 29.4 Å². The Morgan fingerprint density at radius 1 is 1.43 bits per heavy atom. The highest BCUT2D eigenvalue weighted by Crippen LogP contribution is 2.39. The summed E-state index contributed by atoms with van der Waals surface area (Å²) in [6, 6.07) is 4.92. The predicted molar refractivity (Wildman–Crippen MR) is 83.8 cm³/mol. The molecule has 1 atom stereocenters. The van der Waals surface area contributed by atoms with E-state index >= 15 is 0 Å². The topological polar surface area (TPSA) is 61.8 Å². The van der Waals surface area contributed by atoms with Crippen LogP contribution in [0.2, 0.25) is 5.02 Å². The lowest BCUT2D eigenvalue weighted by Crippen LogP contribution is -2.37. The highest BCUT2D eigenvalue weighted by atomic mass is 35.5. The molecule has 0 N–H and O–H groups in total. The van der Waals surface area contributed by atoms with Gasteiger partial charge in [-0.3, -0.25) is 0 Å². The van der Waals surface area contributed by atoms with E-state index in [1.165, 1.54) is 7.11 Å². The summed E-state index contributed by atoms with van der Waals surface area (Å²) in [5, 5.41) is 0.444. The molecule has 1 aromatic carbocycles. The number of esters is 2. The van der Waals surface area contributed by atoms with Crippen LogP contribution in [0.25, 0.3) is 0 Å². The summed E-state index contributed by atoms with van der Waals surface area (Å²) in [6.07, 6.45) is 1.21. The Labute approximate surface area is 139 Å². The van der Waals surface area contributed by atoms with Crippen molar-refractivity contribution in [3.63, 3.8) is 0 Å². The maximum absolute atomic E-state index is 12.3. The Bertz CT molecular complexity index is 665. The van der Waals surface area contributed by atoms with Gasteiger partial charge in [-0.15, -0.1) is 0 Å². The average molecular weight is 337 g/mol. The van der Waals surface area contributed by atoms with Crippen molar-refractivity contribution >= 4 is 23.5 Å². The monoisotopic (exact) mass is 336 g/mol. The van der Waals surface area contributed by atoms with E-state index in [1.54, 1.807) is 25.1 Å². The van der Waals surface area contributed by atoms with Crippen LogP contribution in [0.3, 0.4) is 0 Å². The summed E-state index contributed by atoms with van der Waals surface area (Å²) in [6.45, 7) is 2.39. The van der Waals surface area contributed by atoms with Crippen molar-refractivity contribution in [2.45, 2.75) is 25.4 Å². The number of rotatable bonds is 3. The van der Waals surface area contributed by atoms with Crippen molar-refractivity contribution in [1.82, 2.24) is 0 Å². The number of carbonyl (C=O) groups is 2. The first-order chi connectivity index (χ1) is 11.0. The van der Waals surface area contributed by atoms with E-state index in [0.717, 1.165) is 6.42 Å². The molecule has 1 fully saturated rings. The molecule has 0 saturated carbocycles. The summed E-state index contributed by atoms with van der Waals surface area (Å²) < 4.78 is 15.4. The number of methoxy groups -OCH3 is 1. The summed E-state index contributed by atoms with van der Waals surface area (Å²) in [7, 11) is 1.31. The molecule has 0 spiro atoms.